The lowest BCUT2D eigenvalue weighted by molar-refractivity contribution is -0.275. The van der Waals surface area contributed by atoms with Crippen molar-refractivity contribution in [2.45, 2.75) is 46.2 Å². The van der Waals surface area contributed by atoms with Gasteiger partial charge in [-0.05, 0) is 24.2 Å². The summed E-state index contributed by atoms with van der Waals surface area (Å²) in [6.07, 6.45) is -4.35. The van der Waals surface area contributed by atoms with E-state index in [9.17, 15) is 22.0 Å². The molecule has 0 aromatic rings. The van der Waals surface area contributed by atoms with Crippen LogP contribution in [0.15, 0.2) is 0 Å². The van der Waals surface area contributed by atoms with Crippen molar-refractivity contribution >= 4 is 0 Å². The molecule has 2 bridgehead atoms. The summed E-state index contributed by atoms with van der Waals surface area (Å²) in [5.41, 5.74) is -2.33. The van der Waals surface area contributed by atoms with Crippen LogP contribution < -0.4 is 0 Å². The average Bonchev–Trinajstić information content (AvgIpc) is 2.59. The van der Waals surface area contributed by atoms with Gasteiger partial charge in [-0.3, -0.25) is 0 Å². The molecular weight excluding hydrogens is 251 g/mol. The van der Waals surface area contributed by atoms with Crippen LogP contribution in [0.1, 0.15) is 34.1 Å². The van der Waals surface area contributed by atoms with Gasteiger partial charge in [0.15, 0.2) is 0 Å². The molecule has 18 heavy (non-hydrogen) atoms. The Morgan fingerprint density at radius 1 is 1.00 bits per heavy atom. The summed E-state index contributed by atoms with van der Waals surface area (Å²) in [6.45, 7) is 5.39. The molecule has 0 nitrogen and oxygen atoms in total. The van der Waals surface area contributed by atoms with E-state index in [0.29, 0.717) is 0 Å². The second-order valence-electron chi connectivity index (χ2n) is 6.60. The lowest BCUT2D eigenvalue weighted by Gasteiger charge is -2.46. The summed E-state index contributed by atoms with van der Waals surface area (Å²) < 4.78 is 67.6. The maximum atomic E-state index is 14.3. The summed E-state index contributed by atoms with van der Waals surface area (Å²) in [7, 11) is 0. The van der Waals surface area contributed by atoms with Crippen molar-refractivity contribution in [2.24, 2.45) is 35.0 Å². The van der Waals surface area contributed by atoms with E-state index in [1.54, 1.807) is 6.92 Å². The SMILES string of the molecule is CC1C(C)C2CC1C(C(C)(C)C(F)(F)F)C2(F)F. The van der Waals surface area contributed by atoms with Crippen molar-refractivity contribution in [1.29, 1.82) is 0 Å². The third kappa shape index (κ3) is 1.54. The maximum Gasteiger partial charge on any atom is 0.394 e. The summed E-state index contributed by atoms with van der Waals surface area (Å²) in [5.74, 6) is -6.43. The molecule has 0 aliphatic heterocycles. The second-order valence-corrected chi connectivity index (χ2v) is 6.60. The van der Waals surface area contributed by atoms with Gasteiger partial charge < -0.3 is 0 Å². The molecule has 2 aliphatic carbocycles. The number of alkyl halides is 5. The van der Waals surface area contributed by atoms with E-state index in [1.807, 2.05) is 6.92 Å². The van der Waals surface area contributed by atoms with Crippen LogP contribution in [0.25, 0.3) is 0 Å². The second kappa shape index (κ2) is 3.60. The van der Waals surface area contributed by atoms with E-state index in [-0.39, 0.29) is 18.3 Å². The van der Waals surface area contributed by atoms with Crippen LogP contribution in [0.3, 0.4) is 0 Å². The average molecular weight is 270 g/mol. The molecular formula is C13H19F5. The molecule has 0 heterocycles. The van der Waals surface area contributed by atoms with Gasteiger partial charge in [0, 0.05) is 11.8 Å². The van der Waals surface area contributed by atoms with Gasteiger partial charge in [-0.1, -0.05) is 27.7 Å². The Morgan fingerprint density at radius 2 is 1.50 bits per heavy atom. The first kappa shape index (κ1) is 14.1. The van der Waals surface area contributed by atoms with Crippen LogP contribution in [-0.2, 0) is 0 Å². The van der Waals surface area contributed by atoms with Crippen LogP contribution in [0.2, 0.25) is 0 Å². The van der Waals surface area contributed by atoms with Crippen molar-refractivity contribution in [2.75, 3.05) is 0 Å². The molecule has 5 heteroatoms. The molecule has 0 aromatic heterocycles. The fourth-order valence-electron chi connectivity index (χ4n) is 4.13. The molecule has 106 valence electrons. The first-order valence-corrected chi connectivity index (χ1v) is 6.37. The molecule has 2 fully saturated rings. The smallest absolute Gasteiger partial charge is 0.206 e. The fourth-order valence-corrected chi connectivity index (χ4v) is 4.13. The van der Waals surface area contributed by atoms with Gasteiger partial charge in [0.05, 0.1) is 5.41 Å². The summed E-state index contributed by atoms with van der Waals surface area (Å²) in [4.78, 5) is 0. The minimum atomic E-state index is -4.59. The Kier molecular flexibility index (Phi) is 2.81. The first-order valence-electron chi connectivity index (χ1n) is 6.37. The normalized spacial score (nSPS) is 43.5. The fraction of sp³-hybridized carbons (Fsp3) is 1.00. The van der Waals surface area contributed by atoms with Gasteiger partial charge in [-0.2, -0.15) is 13.2 Å². The molecule has 2 rings (SSSR count). The Labute approximate surface area is 104 Å². The molecule has 5 atom stereocenters. The zero-order valence-corrected chi connectivity index (χ0v) is 11.0. The molecule has 2 saturated carbocycles. The quantitative estimate of drug-likeness (QED) is 0.603. The first-order chi connectivity index (χ1) is 7.92. The number of hydrogen-bond acceptors (Lipinski definition) is 0. The highest BCUT2D eigenvalue weighted by Gasteiger charge is 2.73. The Balaban J connectivity index is 2.41. The minimum absolute atomic E-state index is 0.0544. The predicted molar refractivity (Wildman–Crippen MR) is 58.2 cm³/mol. The highest BCUT2D eigenvalue weighted by atomic mass is 19.4. The van der Waals surface area contributed by atoms with Crippen molar-refractivity contribution in [3.05, 3.63) is 0 Å². The standard InChI is InChI=1S/C13H19F5/c1-6-7(2)9-5-8(6)10(12(9,14)15)11(3,4)13(16,17)18/h6-10H,5H2,1-4H3. The van der Waals surface area contributed by atoms with E-state index in [1.165, 1.54) is 0 Å². The molecule has 0 spiro atoms. The molecule has 0 radical (unpaired) electrons. The van der Waals surface area contributed by atoms with Crippen LogP contribution in [0.4, 0.5) is 22.0 Å². The van der Waals surface area contributed by atoms with Gasteiger partial charge in [0.1, 0.15) is 0 Å². The van der Waals surface area contributed by atoms with Gasteiger partial charge in [0.2, 0.25) is 0 Å². The van der Waals surface area contributed by atoms with E-state index in [0.717, 1.165) is 13.8 Å². The largest absolute Gasteiger partial charge is 0.394 e. The lowest BCUT2D eigenvalue weighted by Crippen LogP contribution is -2.53. The zero-order chi connectivity index (χ0) is 14.1. The number of rotatable bonds is 1. The maximum absolute atomic E-state index is 14.3. The summed E-state index contributed by atoms with van der Waals surface area (Å²) >= 11 is 0. The van der Waals surface area contributed by atoms with E-state index in [4.69, 9.17) is 0 Å². The third-order valence-electron chi connectivity index (χ3n) is 5.51. The van der Waals surface area contributed by atoms with Crippen molar-refractivity contribution < 1.29 is 22.0 Å². The van der Waals surface area contributed by atoms with Crippen LogP contribution >= 0.6 is 0 Å². The number of fused-ring (bicyclic) bond motifs is 2. The van der Waals surface area contributed by atoms with E-state index >= 15 is 0 Å². The number of halogens is 5. The van der Waals surface area contributed by atoms with Gasteiger partial charge in [-0.25, -0.2) is 8.78 Å². The molecule has 0 N–H and O–H groups in total. The molecule has 5 unspecified atom stereocenters. The Bertz CT molecular complexity index is 344. The van der Waals surface area contributed by atoms with Gasteiger partial charge in [0.25, 0.3) is 5.92 Å². The topological polar surface area (TPSA) is 0 Å². The molecule has 0 saturated heterocycles. The van der Waals surface area contributed by atoms with Crippen LogP contribution in [-0.4, -0.2) is 12.1 Å². The van der Waals surface area contributed by atoms with Crippen molar-refractivity contribution in [1.82, 2.24) is 0 Å². The summed E-state index contributed by atoms with van der Waals surface area (Å²) in [5, 5.41) is 0. The highest BCUT2D eigenvalue weighted by Crippen LogP contribution is 2.68. The van der Waals surface area contributed by atoms with E-state index < -0.39 is 35.3 Å². The number of hydrogen-bond donors (Lipinski definition) is 0. The lowest BCUT2D eigenvalue weighted by atomic mass is 9.63. The van der Waals surface area contributed by atoms with E-state index in [2.05, 4.69) is 0 Å². The van der Waals surface area contributed by atoms with Gasteiger partial charge in [-0.15, -0.1) is 0 Å². The van der Waals surface area contributed by atoms with Crippen molar-refractivity contribution in [3.8, 4) is 0 Å². The Hall–Kier alpha value is -0.350. The summed E-state index contributed by atoms with van der Waals surface area (Å²) in [6, 6.07) is 0. The minimum Gasteiger partial charge on any atom is -0.206 e. The monoisotopic (exact) mass is 270 g/mol. The third-order valence-corrected chi connectivity index (χ3v) is 5.51. The van der Waals surface area contributed by atoms with Crippen LogP contribution in [0.5, 0.6) is 0 Å². The van der Waals surface area contributed by atoms with Crippen LogP contribution in [0, 0.1) is 35.0 Å². The van der Waals surface area contributed by atoms with Gasteiger partial charge >= 0.3 is 6.18 Å². The zero-order valence-electron chi connectivity index (χ0n) is 11.0. The van der Waals surface area contributed by atoms with Crippen molar-refractivity contribution in [3.63, 3.8) is 0 Å². The molecule has 2 aliphatic rings. The molecule has 0 amide bonds. The predicted octanol–water partition coefficient (Wildman–Crippen LogP) is 4.75. The highest BCUT2D eigenvalue weighted by molar-refractivity contribution is 5.12. The molecule has 0 aromatic carbocycles. The Morgan fingerprint density at radius 3 is 1.89 bits per heavy atom.